The van der Waals surface area contributed by atoms with Crippen molar-refractivity contribution in [1.29, 1.82) is 0 Å². The molecule has 1 radical (unpaired) electrons. The molecule has 0 saturated heterocycles. The van der Waals surface area contributed by atoms with Gasteiger partial charge in [0.1, 0.15) is 5.02 Å². The van der Waals surface area contributed by atoms with E-state index in [0.29, 0.717) is 6.07 Å². The fourth-order valence-electron chi connectivity index (χ4n) is 0.647. The van der Waals surface area contributed by atoms with Crippen LogP contribution in [0, 0.1) is 17.5 Å². The molecule has 0 unspecified atom stereocenters. The Balaban J connectivity index is 3.49. The van der Waals surface area contributed by atoms with Crippen LogP contribution in [0.4, 0.5) is 13.2 Å². The zero-order valence-electron chi connectivity index (χ0n) is 5.50. The monoisotopic (exact) mass is 193 g/mol. The second-order valence-corrected chi connectivity index (χ2v) is 2.33. The van der Waals surface area contributed by atoms with Gasteiger partial charge in [-0.3, -0.25) is 4.79 Å². The van der Waals surface area contributed by atoms with E-state index in [4.69, 9.17) is 11.6 Å². The molecule has 1 nitrogen and oxygen atoms in total. The predicted octanol–water partition coefficient (Wildman–Crippen LogP) is 2.22. The average molecular weight is 194 g/mol. The SMILES string of the molecule is O=[C]c1cc(F)c(F)c(Cl)c1F. The number of hydrogen-bond donors (Lipinski definition) is 0. The van der Waals surface area contributed by atoms with Gasteiger partial charge in [-0.05, 0) is 6.07 Å². The molecule has 12 heavy (non-hydrogen) atoms. The van der Waals surface area contributed by atoms with E-state index in [1.54, 1.807) is 0 Å². The average Bonchev–Trinajstić information content (AvgIpc) is 2.08. The summed E-state index contributed by atoms with van der Waals surface area (Å²) in [6, 6.07) is 0.392. The maximum absolute atomic E-state index is 12.6. The zero-order valence-corrected chi connectivity index (χ0v) is 6.25. The standard InChI is InChI=1S/C7HClF3O/c8-5-6(10)3(2-12)1-4(9)7(5)11/h1H. The van der Waals surface area contributed by atoms with E-state index in [2.05, 4.69) is 0 Å². The largest absolute Gasteiger partial charge is 0.285 e. The highest BCUT2D eigenvalue weighted by Gasteiger charge is 2.16. The van der Waals surface area contributed by atoms with Gasteiger partial charge in [0.25, 0.3) is 0 Å². The van der Waals surface area contributed by atoms with E-state index in [0.717, 1.165) is 6.29 Å². The van der Waals surface area contributed by atoms with E-state index >= 15 is 0 Å². The van der Waals surface area contributed by atoms with Crippen molar-refractivity contribution in [1.82, 2.24) is 0 Å². The van der Waals surface area contributed by atoms with Crippen molar-refractivity contribution < 1.29 is 18.0 Å². The molecule has 63 valence electrons. The van der Waals surface area contributed by atoms with Gasteiger partial charge in [-0.1, -0.05) is 11.6 Å². The highest BCUT2D eigenvalue weighted by atomic mass is 35.5. The molecule has 0 atom stereocenters. The lowest BCUT2D eigenvalue weighted by atomic mass is 10.2. The third-order valence-corrected chi connectivity index (χ3v) is 1.54. The van der Waals surface area contributed by atoms with Crippen LogP contribution in [-0.4, -0.2) is 6.29 Å². The van der Waals surface area contributed by atoms with Crippen LogP contribution in [-0.2, 0) is 4.79 Å². The summed E-state index contributed by atoms with van der Waals surface area (Å²) in [6.07, 6.45) is 1.09. The number of hydrogen-bond acceptors (Lipinski definition) is 1. The van der Waals surface area contributed by atoms with Crippen LogP contribution < -0.4 is 0 Å². The van der Waals surface area contributed by atoms with Crippen LogP contribution in [0.3, 0.4) is 0 Å². The van der Waals surface area contributed by atoms with Gasteiger partial charge in [0.2, 0.25) is 6.29 Å². The minimum Gasteiger partial charge on any atom is -0.285 e. The molecule has 5 heteroatoms. The van der Waals surface area contributed by atoms with Crippen molar-refractivity contribution in [2.45, 2.75) is 0 Å². The molecule has 0 saturated carbocycles. The first-order valence-corrected chi connectivity index (χ1v) is 3.17. The molecule has 0 aliphatic heterocycles. The van der Waals surface area contributed by atoms with Gasteiger partial charge in [0.15, 0.2) is 17.5 Å². The fraction of sp³-hybridized carbons (Fsp3) is 0. The summed E-state index contributed by atoms with van der Waals surface area (Å²) in [5.41, 5.74) is -0.723. The summed E-state index contributed by atoms with van der Waals surface area (Å²) in [5.74, 6) is -4.18. The second kappa shape index (κ2) is 3.15. The van der Waals surface area contributed by atoms with Crippen molar-refractivity contribution >= 4 is 17.9 Å². The van der Waals surface area contributed by atoms with E-state index in [9.17, 15) is 18.0 Å². The summed E-state index contributed by atoms with van der Waals surface area (Å²) < 4.78 is 37.5. The smallest absolute Gasteiger partial charge is 0.236 e. The molecule has 1 aromatic carbocycles. The van der Waals surface area contributed by atoms with Gasteiger partial charge < -0.3 is 0 Å². The van der Waals surface area contributed by atoms with Gasteiger partial charge in [-0.2, -0.15) is 0 Å². The van der Waals surface area contributed by atoms with Crippen LogP contribution in [0.2, 0.25) is 5.02 Å². The Morgan fingerprint density at radius 1 is 1.25 bits per heavy atom. The van der Waals surface area contributed by atoms with Gasteiger partial charge in [-0.25, -0.2) is 13.2 Å². The van der Waals surface area contributed by atoms with Gasteiger partial charge in [0, 0.05) is 0 Å². The fourth-order valence-corrected chi connectivity index (χ4v) is 0.839. The number of halogens is 4. The first kappa shape index (κ1) is 9.06. The Hall–Kier alpha value is -1.03. The van der Waals surface area contributed by atoms with Gasteiger partial charge >= 0.3 is 0 Å². The molecule has 0 N–H and O–H groups in total. The third-order valence-electron chi connectivity index (χ3n) is 1.21. The molecule has 0 spiro atoms. The van der Waals surface area contributed by atoms with E-state index in [1.807, 2.05) is 0 Å². The Morgan fingerprint density at radius 3 is 2.33 bits per heavy atom. The Bertz CT molecular complexity index is 338. The van der Waals surface area contributed by atoms with Gasteiger partial charge in [-0.15, -0.1) is 0 Å². The lowest BCUT2D eigenvalue weighted by Gasteiger charge is -1.99. The number of carbonyl (C=O) groups excluding carboxylic acids is 1. The van der Waals surface area contributed by atoms with Gasteiger partial charge in [0.05, 0.1) is 5.56 Å². The molecule has 1 rings (SSSR count). The zero-order chi connectivity index (χ0) is 9.30. The number of rotatable bonds is 1. The lowest BCUT2D eigenvalue weighted by molar-refractivity contribution is 0.493. The van der Waals surface area contributed by atoms with Crippen molar-refractivity contribution in [3.63, 3.8) is 0 Å². The van der Waals surface area contributed by atoms with Crippen LogP contribution in [0.15, 0.2) is 6.07 Å². The summed E-state index contributed by atoms with van der Waals surface area (Å²) in [6.45, 7) is 0. The lowest BCUT2D eigenvalue weighted by Crippen LogP contribution is -1.96. The molecule has 0 bridgehead atoms. The predicted molar refractivity (Wildman–Crippen MR) is 36.1 cm³/mol. The summed E-state index contributed by atoms with van der Waals surface area (Å²) >= 11 is 5.00. The van der Waals surface area contributed by atoms with Crippen molar-refractivity contribution in [3.8, 4) is 0 Å². The summed E-state index contributed by atoms with van der Waals surface area (Å²) in [4.78, 5) is 9.93. The molecule has 0 aliphatic rings. The Kier molecular flexibility index (Phi) is 2.38. The quantitative estimate of drug-likeness (QED) is 0.494. The van der Waals surface area contributed by atoms with Crippen LogP contribution >= 0.6 is 11.6 Å². The van der Waals surface area contributed by atoms with E-state index in [-0.39, 0.29) is 0 Å². The Labute approximate surface area is 70.8 Å². The normalized spacial score (nSPS) is 10.0. The van der Waals surface area contributed by atoms with Crippen molar-refractivity contribution in [2.24, 2.45) is 0 Å². The minimum absolute atomic E-state index is 0.392. The molecule has 0 fully saturated rings. The van der Waals surface area contributed by atoms with Crippen molar-refractivity contribution in [2.75, 3.05) is 0 Å². The second-order valence-electron chi connectivity index (χ2n) is 1.95. The minimum atomic E-state index is -1.51. The first-order chi connectivity index (χ1) is 5.57. The van der Waals surface area contributed by atoms with E-state index < -0.39 is 28.0 Å². The topological polar surface area (TPSA) is 17.1 Å². The Morgan fingerprint density at radius 2 is 1.83 bits per heavy atom. The van der Waals surface area contributed by atoms with Crippen LogP contribution in [0.1, 0.15) is 5.56 Å². The highest BCUT2D eigenvalue weighted by molar-refractivity contribution is 6.31. The molecule has 0 amide bonds. The molecular weight excluding hydrogens is 193 g/mol. The maximum Gasteiger partial charge on any atom is 0.236 e. The molecule has 0 aliphatic carbocycles. The highest BCUT2D eigenvalue weighted by Crippen LogP contribution is 2.23. The third kappa shape index (κ3) is 1.30. The maximum atomic E-state index is 12.6. The molecule has 0 aromatic heterocycles. The molecular formula is C7HClF3O. The summed E-state index contributed by atoms with van der Waals surface area (Å²) in [7, 11) is 0. The molecule has 1 aromatic rings. The summed E-state index contributed by atoms with van der Waals surface area (Å²) in [5, 5.41) is -1.03. The number of benzene rings is 1. The van der Waals surface area contributed by atoms with E-state index in [1.165, 1.54) is 0 Å². The molecule has 0 heterocycles. The van der Waals surface area contributed by atoms with Crippen LogP contribution in [0.5, 0.6) is 0 Å². The first-order valence-electron chi connectivity index (χ1n) is 2.79. The van der Waals surface area contributed by atoms with Crippen molar-refractivity contribution in [3.05, 3.63) is 34.1 Å². The van der Waals surface area contributed by atoms with Crippen LogP contribution in [0.25, 0.3) is 0 Å².